The van der Waals surface area contributed by atoms with Crippen LogP contribution in [0.2, 0.25) is 0 Å². The van der Waals surface area contributed by atoms with Gasteiger partial charge < -0.3 is 5.32 Å². The summed E-state index contributed by atoms with van der Waals surface area (Å²) >= 11 is 0. The van der Waals surface area contributed by atoms with Gasteiger partial charge in [-0.25, -0.2) is 0 Å². The Kier molecular flexibility index (Phi) is 1.49. The van der Waals surface area contributed by atoms with Crippen molar-refractivity contribution in [1.29, 1.82) is 0 Å². The average molecular weight is 139 g/mol. The minimum Gasteiger partial charge on any atom is -0.316 e. The fraction of sp³-hybridized carbons (Fsp3) is 0.875. The molecular formula is C8H13NO. The maximum atomic E-state index is 11.4. The van der Waals surface area contributed by atoms with Crippen LogP contribution in [0.3, 0.4) is 0 Å². The van der Waals surface area contributed by atoms with Crippen LogP contribution in [0.1, 0.15) is 19.3 Å². The van der Waals surface area contributed by atoms with Gasteiger partial charge in [-0.3, -0.25) is 4.79 Å². The SMILES string of the molecule is O=C(C1CC1)C1CCNC1. The maximum Gasteiger partial charge on any atom is 0.140 e. The highest BCUT2D eigenvalue weighted by atomic mass is 16.1. The Morgan fingerprint density at radius 2 is 2.00 bits per heavy atom. The lowest BCUT2D eigenvalue weighted by Gasteiger charge is -2.03. The average Bonchev–Trinajstić information content (AvgIpc) is 2.65. The fourth-order valence-electron chi connectivity index (χ4n) is 1.60. The standard InChI is InChI=1S/C8H13NO/c10-8(6-1-2-6)7-3-4-9-5-7/h6-7,9H,1-5H2. The van der Waals surface area contributed by atoms with Gasteiger partial charge in [0.1, 0.15) is 5.78 Å². The quantitative estimate of drug-likeness (QED) is 0.606. The zero-order valence-electron chi connectivity index (χ0n) is 6.10. The highest BCUT2D eigenvalue weighted by Crippen LogP contribution is 2.33. The van der Waals surface area contributed by atoms with Crippen LogP contribution in [0.5, 0.6) is 0 Å². The van der Waals surface area contributed by atoms with Crippen molar-refractivity contribution in [1.82, 2.24) is 5.32 Å². The predicted octanol–water partition coefficient (Wildman–Crippen LogP) is 0.575. The summed E-state index contributed by atoms with van der Waals surface area (Å²) in [7, 11) is 0. The molecule has 1 saturated heterocycles. The van der Waals surface area contributed by atoms with E-state index in [1.165, 1.54) is 0 Å². The van der Waals surface area contributed by atoms with Crippen molar-refractivity contribution in [2.45, 2.75) is 19.3 Å². The van der Waals surface area contributed by atoms with E-state index in [0.717, 1.165) is 32.4 Å². The second kappa shape index (κ2) is 2.35. The molecule has 0 aromatic carbocycles. The molecule has 1 atom stereocenters. The number of carbonyl (C=O) groups excluding carboxylic acids is 1. The Balaban J connectivity index is 1.90. The molecule has 2 nitrogen and oxygen atoms in total. The molecule has 2 heteroatoms. The van der Waals surface area contributed by atoms with Crippen LogP contribution in [0.25, 0.3) is 0 Å². The third-order valence-corrected chi connectivity index (χ3v) is 2.44. The largest absolute Gasteiger partial charge is 0.316 e. The molecule has 0 spiro atoms. The van der Waals surface area contributed by atoms with Crippen LogP contribution < -0.4 is 5.32 Å². The Morgan fingerprint density at radius 3 is 2.50 bits per heavy atom. The number of ketones is 1. The van der Waals surface area contributed by atoms with Crippen LogP contribution in [-0.4, -0.2) is 18.9 Å². The molecule has 1 saturated carbocycles. The van der Waals surface area contributed by atoms with Gasteiger partial charge in [-0.15, -0.1) is 0 Å². The fourth-order valence-corrected chi connectivity index (χ4v) is 1.60. The van der Waals surface area contributed by atoms with Gasteiger partial charge in [0.25, 0.3) is 0 Å². The maximum absolute atomic E-state index is 11.4. The van der Waals surface area contributed by atoms with Crippen LogP contribution >= 0.6 is 0 Å². The number of hydrogen-bond acceptors (Lipinski definition) is 2. The number of nitrogens with one attached hydrogen (secondary N) is 1. The second-order valence-corrected chi connectivity index (χ2v) is 3.37. The van der Waals surface area contributed by atoms with Crippen LogP contribution in [0, 0.1) is 11.8 Å². The van der Waals surface area contributed by atoms with Gasteiger partial charge in [0.05, 0.1) is 0 Å². The van der Waals surface area contributed by atoms with E-state index in [1.54, 1.807) is 0 Å². The number of carbonyl (C=O) groups is 1. The Bertz CT molecular complexity index is 145. The molecule has 56 valence electrons. The van der Waals surface area contributed by atoms with E-state index in [0.29, 0.717) is 17.6 Å². The zero-order chi connectivity index (χ0) is 6.97. The molecule has 1 aliphatic heterocycles. The predicted molar refractivity (Wildman–Crippen MR) is 38.7 cm³/mol. The van der Waals surface area contributed by atoms with Gasteiger partial charge >= 0.3 is 0 Å². The summed E-state index contributed by atoms with van der Waals surface area (Å²) in [6, 6.07) is 0. The summed E-state index contributed by atoms with van der Waals surface area (Å²) in [5.74, 6) is 1.36. The molecule has 2 rings (SSSR count). The van der Waals surface area contributed by atoms with Crippen molar-refractivity contribution in [3.8, 4) is 0 Å². The van der Waals surface area contributed by atoms with Crippen molar-refractivity contribution in [2.24, 2.45) is 11.8 Å². The topological polar surface area (TPSA) is 29.1 Å². The van der Waals surface area contributed by atoms with Crippen molar-refractivity contribution < 1.29 is 4.79 Å². The van der Waals surface area contributed by atoms with Gasteiger partial charge in [0.2, 0.25) is 0 Å². The number of Topliss-reactive ketones (excluding diaryl/α,β-unsaturated/α-hetero) is 1. The highest BCUT2D eigenvalue weighted by Gasteiger charge is 2.35. The summed E-state index contributed by atoms with van der Waals surface area (Å²) in [5.41, 5.74) is 0. The first-order valence-corrected chi connectivity index (χ1v) is 4.12. The molecule has 0 aromatic rings. The number of rotatable bonds is 2. The molecule has 0 aromatic heterocycles. The van der Waals surface area contributed by atoms with E-state index in [9.17, 15) is 4.79 Å². The molecule has 0 bridgehead atoms. The molecule has 1 aliphatic carbocycles. The molecule has 10 heavy (non-hydrogen) atoms. The van der Waals surface area contributed by atoms with Crippen molar-refractivity contribution in [2.75, 3.05) is 13.1 Å². The third kappa shape index (κ3) is 1.08. The van der Waals surface area contributed by atoms with Crippen LogP contribution in [0.15, 0.2) is 0 Å². The molecule has 2 aliphatic rings. The minimum absolute atomic E-state index is 0.368. The first-order chi connectivity index (χ1) is 4.88. The summed E-state index contributed by atoms with van der Waals surface area (Å²) in [5, 5.41) is 3.22. The monoisotopic (exact) mass is 139 g/mol. The van der Waals surface area contributed by atoms with Crippen LogP contribution in [0.4, 0.5) is 0 Å². The third-order valence-electron chi connectivity index (χ3n) is 2.44. The van der Waals surface area contributed by atoms with Crippen molar-refractivity contribution >= 4 is 5.78 Å². The second-order valence-electron chi connectivity index (χ2n) is 3.37. The lowest BCUT2D eigenvalue weighted by molar-refractivity contribution is -0.123. The molecular weight excluding hydrogens is 126 g/mol. The lowest BCUT2D eigenvalue weighted by atomic mass is 10.0. The molecule has 2 fully saturated rings. The Morgan fingerprint density at radius 1 is 1.20 bits per heavy atom. The molecule has 0 amide bonds. The van der Waals surface area contributed by atoms with E-state index >= 15 is 0 Å². The van der Waals surface area contributed by atoms with Gasteiger partial charge in [-0.2, -0.15) is 0 Å². The Hall–Kier alpha value is -0.370. The van der Waals surface area contributed by atoms with Crippen LogP contribution in [-0.2, 0) is 4.79 Å². The first-order valence-electron chi connectivity index (χ1n) is 4.12. The van der Waals surface area contributed by atoms with Gasteiger partial charge in [0, 0.05) is 18.4 Å². The van der Waals surface area contributed by atoms with Gasteiger partial charge in [-0.1, -0.05) is 0 Å². The minimum atomic E-state index is 0.368. The number of hydrogen-bond donors (Lipinski definition) is 1. The van der Waals surface area contributed by atoms with Gasteiger partial charge in [-0.05, 0) is 25.8 Å². The summed E-state index contributed by atoms with van der Waals surface area (Å²) < 4.78 is 0. The first kappa shape index (κ1) is 6.35. The normalized spacial score (nSPS) is 32.6. The van der Waals surface area contributed by atoms with Crippen molar-refractivity contribution in [3.63, 3.8) is 0 Å². The summed E-state index contributed by atoms with van der Waals surface area (Å²) in [6.07, 6.45) is 3.40. The van der Waals surface area contributed by atoms with E-state index in [2.05, 4.69) is 5.32 Å². The smallest absolute Gasteiger partial charge is 0.140 e. The van der Waals surface area contributed by atoms with E-state index in [4.69, 9.17) is 0 Å². The molecule has 1 heterocycles. The summed E-state index contributed by atoms with van der Waals surface area (Å²) in [4.78, 5) is 11.4. The van der Waals surface area contributed by atoms with E-state index in [-0.39, 0.29) is 0 Å². The lowest BCUT2D eigenvalue weighted by Crippen LogP contribution is -2.18. The van der Waals surface area contributed by atoms with E-state index in [1.807, 2.05) is 0 Å². The van der Waals surface area contributed by atoms with Gasteiger partial charge in [0.15, 0.2) is 0 Å². The van der Waals surface area contributed by atoms with E-state index < -0.39 is 0 Å². The highest BCUT2D eigenvalue weighted by molar-refractivity contribution is 5.85. The molecule has 1 unspecified atom stereocenters. The van der Waals surface area contributed by atoms with Crippen molar-refractivity contribution in [3.05, 3.63) is 0 Å². The molecule has 1 N–H and O–H groups in total. The Labute approximate surface area is 61.0 Å². The summed E-state index contributed by atoms with van der Waals surface area (Å²) in [6.45, 7) is 1.98. The zero-order valence-corrected chi connectivity index (χ0v) is 6.10. The molecule has 0 radical (unpaired) electrons.